The Labute approximate surface area is 35.8 Å². The van der Waals surface area contributed by atoms with Crippen molar-refractivity contribution in [1.82, 2.24) is 0 Å². The summed E-state index contributed by atoms with van der Waals surface area (Å²) in [5, 5.41) is 0. The first-order chi connectivity index (χ1) is 2.71. The van der Waals surface area contributed by atoms with Crippen molar-refractivity contribution in [3.63, 3.8) is 0 Å². The Hall–Kier alpha value is -0.0900. The fourth-order valence-electron chi connectivity index (χ4n) is 0.179. The van der Waals surface area contributed by atoms with Gasteiger partial charge >= 0.3 is 0 Å². The van der Waals surface area contributed by atoms with Crippen LogP contribution in [0.2, 0.25) is 0 Å². The first-order valence-corrected chi connectivity index (χ1v) is 3.10. The van der Waals surface area contributed by atoms with Crippen molar-refractivity contribution in [3.8, 4) is 0 Å². The second-order valence-corrected chi connectivity index (χ2v) is 2.80. The number of hydrogen-bond donors (Lipinski definition) is 0. The van der Waals surface area contributed by atoms with Crippen molar-refractivity contribution in [1.29, 1.82) is 0 Å². The lowest BCUT2D eigenvalue weighted by molar-refractivity contribution is 0.238. The highest BCUT2D eigenvalue weighted by Crippen LogP contribution is 2.08. The zero-order valence-electron chi connectivity index (χ0n) is 2.92. The SMILES string of the molecule is O=S1(=O)[CH]OC1. The molecular weight excluding hydrogens is 104 g/mol. The molecule has 1 heterocycles. The van der Waals surface area contributed by atoms with E-state index >= 15 is 0 Å². The van der Waals surface area contributed by atoms with Gasteiger partial charge in [-0.25, -0.2) is 8.42 Å². The zero-order valence-corrected chi connectivity index (χ0v) is 3.73. The summed E-state index contributed by atoms with van der Waals surface area (Å²) in [5.41, 5.74) is 0. The maximum absolute atomic E-state index is 9.91. The van der Waals surface area contributed by atoms with Gasteiger partial charge in [-0.15, -0.1) is 0 Å². The predicted octanol–water partition coefficient (Wildman–Crippen LogP) is -0.492. The molecule has 0 amide bonds. The van der Waals surface area contributed by atoms with Crippen LogP contribution in [0.4, 0.5) is 0 Å². The number of sulfone groups is 1. The summed E-state index contributed by atoms with van der Waals surface area (Å²) >= 11 is 0. The van der Waals surface area contributed by atoms with Gasteiger partial charge in [0.25, 0.3) is 0 Å². The molecule has 4 heteroatoms. The standard InChI is InChI=1S/C2H3O3S/c3-6(4)1-5-2-6/h1H,2H2. The summed E-state index contributed by atoms with van der Waals surface area (Å²) in [6, 6.07) is 0. The van der Waals surface area contributed by atoms with Crippen LogP contribution in [0, 0.1) is 5.94 Å². The molecule has 1 aliphatic heterocycles. The predicted molar refractivity (Wildman–Crippen MR) is 19.2 cm³/mol. The second-order valence-electron chi connectivity index (χ2n) is 1.04. The third-order valence-corrected chi connectivity index (χ3v) is 1.34. The van der Waals surface area contributed by atoms with Gasteiger partial charge in [-0.3, -0.25) is 0 Å². The Balaban J connectivity index is 2.78. The molecule has 3 nitrogen and oxygen atoms in total. The molecular formula is C2H3O3S. The van der Waals surface area contributed by atoms with Gasteiger partial charge < -0.3 is 4.74 Å². The Bertz CT molecular complexity index is 123. The number of ether oxygens (including phenoxy) is 1. The van der Waals surface area contributed by atoms with Gasteiger partial charge in [0, 0.05) is 0 Å². The molecule has 1 radical (unpaired) electrons. The topological polar surface area (TPSA) is 43.4 Å². The number of rotatable bonds is 0. The van der Waals surface area contributed by atoms with Crippen molar-refractivity contribution < 1.29 is 13.2 Å². The molecule has 0 atom stereocenters. The summed E-state index contributed by atoms with van der Waals surface area (Å²) in [7, 11) is -2.83. The van der Waals surface area contributed by atoms with E-state index in [-0.39, 0.29) is 5.94 Å². The molecule has 1 saturated heterocycles. The Morgan fingerprint density at radius 1 is 1.67 bits per heavy atom. The van der Waals surface area contributed by atoms with Gasteiger partial charge in [0.05, 0.1) is 0 Å². The molecule has 35 valence electrons. The van der Waals surface area contributed by atoms with E-state index in [1.165, 1.54) is 0 Å². The third-order valence-electron chi connectivity index (χ3n) is 0.447. The summed E-state index contributed by atoms with van der Waals surface area (Å²) in [6.45, 7) is 0. The van der Waals surface area contributed by atoms with Crippen molar-refractivity contribution in [2.75, 3.05) is 5.94 Å². The van der Waals surface area contributed by atoms with E-state index in [4.69, 9.17) is 0 Å². The van der Waals surface area contributed by atoms with Crippen LogP contribution in [0.5, 0.6) is 0 Å². The van der Waals surface area contributed by atoms with E-state index in [0.717, 1.165) is 5.94 Å². The van der Waals surface area contributed by atoms with Gasteiger partial charge in [-0.05, 0) is 0 Å². The minimum Gasteiger partial charge on any atom is -0.342 e. The molecule has 1 fully saturated rings. The summed E-state index contributed by atoms with van der Waals surface area (Å²) in [4.78, 5) is 0. The normalized spacial score (nSPS) is 28.7. The quantitative estimate of drug-likeness (QED) is 0.419. The van der Waals surface area contributed by atoms with Crippen LogP contribution in [0.15, 0.2) is 0 Å². The van der Waals surface area contributed by atoms with Gasteiger partial charge in [0.15, 0.2) is 5.94 Å². The molecule has 0 N–H and O–H groups in total. The molecule has 0 aromatic carbocycles. The van der Waals surface area contributed by atoms with Crippen molar-refractivity contribution in [2.24, 2.45) is 0 Å². The van der Waals surface area contributed by atoms with Crippen LogP contribution in [0.3, 0.4) is 0 Å². The molecule has 0 bridgehead atoms. The van der Waals surface area contributed by atoms with E-state index < -0.39 is 9.84 Å². The van der Waals surface area contributed by atoms with E-state index in [1.54, 1.807) is 0 Å². The third kappa shape index (κ3) is 0.529. The molecule has 0 aromatic heterocycles. The van der Waals surface area contributed by atoms with Gasteiger partial charge in [0.1, 0.15) is 0 Å². The lowest BCUT2D eigenvalue weighted by Gasteiger charge is -2.09. The summed E-state index contributed by atoms with van der Waals surface area (Å²) in [5.74, 6) is 0.708. The van der Waals surface area contributed by atoms with Gasteiger partial charge in [-0.1, -0.05) is 0 Å². The van der Waals surface area contributed by atoms with Crippen LogP contribution in [-0.4, -0.2) is 14.4 Å². The van der Waals surface area contributed by atoms with E-state index in [1.807, 2.05) is 0 Å². The van der Waals surface area contributed by atoms with Crippen LogP contribution in [0.25, 0.3) is 0 Å². The second kappa shape index (κ2) is 0.946. The minimum atomic E-state index is -2.83. The molecule has 0 unspecified atom stereocenters. The molecule has 0 spiro atoms. The van der Waals surface area contributed by atoms with Crippen LogP contribution in [-0.2, 0) is 14.6 Å². The lowest BCUT2D eigenvalue weighted by Crippen LogP contribution is -2.20. The Morgan fingerprint density at radius 3 is 2.00 bits per heavy atom. The van der Waals surface area contributed by atoms with Gasteiger partial charge in [0.2, 0.25) is 15.8 Å². The molecule has 1 rings (SSSR count). The molecule has 0 saturated carbocycles. The first kappa shape index (κ1) is 4.08. The molecule has 0 aliphatic carbocycles. The molecule has 1 aliphatic rings. The minimum absolute atomic E-state index is 0.132. The highest BCUT2D eigenvalue weighted by molar-refractivity contribution is 7.94. The average molecular weight is 107 g/mol. The number of hydrogen-bond acceptors (Lipinski definition) is 3. The first-order valence-electron chi connectivity index (χ1n) is 1.38. The van der Waals surface area contributed by atoms with Crippen molar-refractivity contribution in [2.45, 2.75) is 0 Å². The average Bonchev–Trinajstić information content (AvgIpc) is 1.32. The summed E-state index contributed by atoms with van der Waals surface area (Å²) < 4.78 is 24.0. The van der Waals surface area contributed by atoms with E-state index in [0.29, 0.717) is 0 Å². The fourth-order valence-corrected chi connectivity index (χ4v) is 0.537. The Kier molecular flexibility index (Phi) is 0.643. The zero-order chi connectivity index (χ0) is 4.62. The van der Waals surface area contributed by atoms with Crippen LogP contribution < -0.4 is 0 Å². The fraction of sp³-hybridized carbons (Fsp3) is 0.500. The van der Waals surface area contributed by atoms with Crippen LogP contribution in [0.1, 0.15) is 0 Å². The van der Waals surface area contributed by atoms with Gasteiger partial charge in [-0.2, -0.15) is 0 Å². The van der Waals surface area contributed by atoms with Crippen molar-refractivity contribution in [3.05, 3.63) is 5.94 Å². The lowest BCUT2D eigenvalue weighted by atomic mass is 11.5. The monoisotopic (exact) mass is 107 g/mol. The molecule has 0 aromatic rings. The maximum Gasteiger partial charge on any atom is 0.204 e. The Morgan fingerprint density at radius 2 is 2.00 bits per heavy atom. The summed E-state index contributed by atoms with van der Waals surface area (Å²) in [6.07, 6.45) is 0. The molecule has 6 heavy (non-hydrogen) atoms. The maximum atomic E-state index is 9.91. The van der Waals surface area contributed by atoms with Crippen molar-refractivity contribution >= 4 is 9.84 Å². The largest absolute Gasteiger partial charge is 0.342 e. The van der Waals surface area contributed by atoms with E-state index in [9.17, 15) is 8.42 Å². The highest BCUT2D eigenvalue weighted by Gasteiger charge is 2.21. The highest BCUT2D eigenvalue weighted by atomic mass is 32.2. The van der Waals surface area contributed by atoms with Crippen LogP contribution >= 0.6 is 0 Å². The smallest absolute Gasteiger partial charge is 0.204 e. The van der Waals surface area contributed by atoms with E-state index in [2.05, 4.69) is 4.74 Å².